The van der Waals surface area contributed by atoms with Crippen LogP contribution in [0.4, 0.5) is 0 Å². The molecule has 1 aliphatic rings. The molecule has 0 spiro atoms. The first kappa shape index (κ1) is 16.2. The first-order valence-electron chi connectivity index (χ1n) is 5.83. The largest absolute Gasteiger partial charge is 0.466 e. The fourth-order valence-corrected chi connectivity index (χ4v) is 2.02. The molecule has 0 bridgehead atoms. The van der Waals surface area contributed by atoms with Crippen molar-refractivity contribution in [2.75, 3.05) is 13.2 Å². The van der Waals surface area contributed by atoms with Crippen LogP contribution in [-0.4, -0.2) is 31.1 Å². The van der Waals surface area contributed by atoms with Crippen molar-refractivity contribution < 1.29 is 14.3 Å². The summed E-state index contributed by atoms with van der Waals surface area (Å²) in [6.45, 7) is 2.27. The van der Waals surface area contributed by atoms with Crippen LogP contribution in [0.1, 0.15) is 32.6 Å². The van der Waals surface area contributed by atoms with Gasteiger partial charge in [0, 0.05) is 6.04 Å². The van der Waals surface area contributed by atoms with Gasteiger partial charge in [0.15, 0.2) is 0 Å². The number of rotatable bonds is 4. The van der Waals surface area contributed by atoms with Crippen molar-refractivity contribution in [2.45, 2.75) is 38.6 Å². The summed E-state index contributed by atoms with van der Waals surface area (Å²) in [5.41, 5.74) is 5.22. The summed E-state index contributed by atoms with van der Waals surface area (Å²) in [7, 11) is 0. The van der Waals surface area contributed by atoms with Gasteiger partial charge in [-0.25, -0.2) is 0 Å². The van der Waals surface area contributed by atoms with Gasteiger partial charge in [-0.2, -0.15) is 0 Å². The number of ether oxygens (including phenoxy) is 1. The molecule has 0 aromatic heterocycles. The number of carbonyl (C=O) groups excluding carboxylic acids is 2. The van der Waals surface area contributed by atoms with Crippen molar-refractivity contribution in [3.8, 4) is 0 Å². The lowest BCUT2D eigenvalue weighted by atomic mass is 9.86. The standard InChI is InChI=1S/C11H20N2O3.ClH/c1-2-16-11(15)8-3-5-9(6-4-8)13-10(14)7-12;/h8-9H,2-7,12H2,1H3,(H,13,14);1H. The summed E-state index contributed by atoms with van der Waals surface area (Å²) in [6, 6.07) is 0.168. The summed E-state index contributed by atoms with van der Waals surface area (Å²) in [4.78, 5) is 22.5. The minimum Gasteiger partial charge on any atom is -0.466 e. The summed E-state index contributed by atoms with van der Waals surface area (Å²) >= 11 is 0. The monoisotopic (exact) mass is 264 g/mol. The predicted molar refractivity (Wildman–Crippen MR) is 66.8 cm³/mol. The lowest BCUT2D eigenvalue weighted by Crippen LogP contribution is -2.41. The summed E-state index contributed by atoms with van der Waals surface area (Å²) in [5.74, 6) is -0.225. The molecule has 0 saturated heterocycles. The molecule has 0 heterocycles. The number of nitrogens with one attached hydrogen (secondary N) is 1. The van der Waals surface area contributed by atoms with E-state index in [0.29, 0.717) is 6.61 Å². The molecule has 1 rings (SSSR count). The van der Waals surface area contributed by atoms with Gasteiger partial charge in [0.05, 0.1) is 19.1 Å². The van der Waals surface area contributed by atoms with E-state index in [-0.39, 0.29) is 42.8 Å². The second kappa shape index (κ2) is 8.31. The van der Waals surface area contributed by atoms with Crippen LogP contribution < -0.4 is 11.1 Å². The van der Waals surface area contributed by atoms with Gasteiger partial charge in [0.2, 0.25) is 5.91 Å². The first-order chi connectivity index (χ1) is 7.67. The quantitative estimate of drug-likeness (QED) is 0.729. The van der Waals surface area contributed by atoms with E-state index < -0.39 is 0 Å². The van der Waals surface area contributed by atoms with Gasteiger partial charge in [-0.15, -0.1) is 12.4 Å². The number of carbonyl (C=O) groups is 2. The highest BCUT2D eigenvalue weighted by molar-refractivity contribution is 5.85. The van der Waals surface area contributed by atoms with Crippen molar-refractivity contribution in [3.63, 3.8) is 0 Å². The van der Waals surface area contributed by atoms with Crippen LogP contribution in [0.15, 0.2) is 0 Å². The Hall–Kier alpha value is -0.810. The van der Waals surface area contributed by atoms with Gasteiger partial charge >= 0.3 is 5.97 Å². The average Bonchev–Trinajstić information content (AvgIpc) is 2.30. The molecular formula is C11H21ClN2O3. The van der Waals surface area contributed by atoms with E-state index in [1.54, 1.807) is 0 Å². The zero-order chi connectivity index (χ0) is 12.0. The number of esters is 1. The smallest absolute Gasteiger partial charge is 0.308 e. The van der Waals surface area contributed by atoms with Gasteiger partial charge in [-0.1, -0.05) is 0 Å². The van der Waals surface area contributed by atoms with Crippen molar-refractivity contribution in [3.05, 3.63) is 0 Å². The molecular weight excluding hydrogens is 244 g/mol. The van der Waals surface area contributed by atoms with Gasteiger partial charge in [-0.3, -0.25) is 9.59 Å². The van der Waals surface area contributed by atoms with Crippen molar-refractivity contribution in [1.29, 1.82) is 0 Å². The van der Waals surface area contributed by atoms with Crippen LogP contribution in [0.3, 0.4) is 0 Å². The zero-order valence-electron chi connectivity index (χ0n) is 10.1. The normalized spacial score (nSPS) is 23.4. The SMILES string of the molecule is CCOC(=O)C1CCC(NC(=O)CN)CC1.Cl. The van der Waals surface area contributed by atoms with Crippen LogP contribution in [0.25, 0.3) is 0 Å². The average molecular weight is 265 g/mol. The summed E-state index contributed by atoms with van der Waals surface area (Å²) in [6.07, 6.45) is 3.23. The molecule has 0 unspecified atom stereocenters. The third-order valence-corrected chi connectivity index (χ3v) is 2.90. The highest BCUT2D eigenvalue weighted by Crippen LogP contribution is 2.25. The van der Waals surface area contributed by atoms with Gasteiger partial charge < -0.3 is 15.8 Å². The lowest BCUT2D eigenvalue weighted by molar-refractivity contribution is -0.149. The third-order valence-electron chi connectivity index (χ3n) is 2.90. The van der Waals surface area contributed by atoms with Crippen LogP contribution in [0, 0.1) is 5.92 Å². The molecule has 5 nitrogen and oxygen atoms in total. The fraction of sp³-hybridized carbons (Fsp3) is 0.818. The second-order valence-corrected chi connectivity index (χ2v) is 4.07. The minimum absolute atomic E-state index is 0. The van der Waals surface area contributed by atoms with Crippen molar-refractivity contribution in [1.82, 2.24) is 5.32 Å². The highest BCUT2D eigenvalue weighted by atomic mass is 35.5. The maximum atomic E-state index is 11.5. The van der Waals surface area contributed by atoms with Gasteiger partial charge in [-0.05, 0) is 32.6 Å². The van der Waals surface area contributed by atoms with E-state index in [4.69, 9.17) is 10.5 Å². The molecule has 0 aromatic rings. The van der Waals surface area contributed by atoms with E-state index >= 15 is 0 Å². The van der Waals surface area contributed by atoms with E-state index in [0.717, 1.165) is 25.7 Å². The second-order valence-electron chi connectivity index (χ2n) is 4.07. The molecule has 1 aliphatic carbocycles. The predicted octanol–water partition coefficient (Wildman–Crippen LogP) is 0.605. The topological polar surface area (TPSA) is 81.4 Å². The molecule has 6 heteroatoms. The molecule has 0 aromatic carbocycles. The molecule has 0 atom stereocenters. The third kappa shape index (κ3) is 5.37. The number of hydrogen-bond acceptors (Lipinski definition) is 4. The zero-order valence-corrected chi connectivity index (χ0v) is 10.9. The van der Waals surface area contributed by atoms with Crippen LogP contribution in [0.2, 0.25) is 0 Å². The molecule has 1 fully saturated rings. The Labute approximate surface area is 108 Å². The number of amides is 1. The Kier molecular flexibility index (Phi) is 7.91. The molecule has 0 aliphatic heterocycles. The molecule has 1 amide bonds. The number of halogens is 1. The van der Waals surface area contributed by atoms with Crippen molar-refractivity contribution >= 4 is 24.3 Å². The molecule has 17 heavy (non-hydrogen) atoms. The van der Waals surface area contributed by atoms with Crippen LogP contribution >= 0.6 is 12.4 Å². The molecule has 1 saturated carbocycles. The van der Waals surface area contributed by atoms with E-state index in [2.05, 4.69) is 5.32 Å². The Morgan fingerprint density at radius 2 is 1.88 bits per heavy atom. The molecule has 3 N–H and O–H groups in total. The number of hydrogen-bond donors (Lipinski definition) is 2. The maximum Gasteiger partial charge on any atom is 0.308 e. The Morgan fingerprint density at radius 1 is 1.29 bits per heavy atom. The van der Waals surface area contributed by atoms with Gasteiger partial charge in [0.25, 0.3) is 0 Å². The van der Waals surface area contributed by atoms with Crippen LogP contribution in [0.5, 0.6) is 0 Å². The Morgan fingerprint density at radius 3 is 2.35 bits per heavy atom. The Balaban J connectivity index is 0.00000256. The molecule has 100 valence electrons. The lowest BCUT2D eigenvalue weighted by Gasteiger charge is -2.27. The highest BCUT2D eigenvalue weighted by Gasteiger charge is 2.27. The van der Waals surface area contributed by atoms with E-state index in [9.17, 15) is 9.59 Å². The summed E-state index contributed by atoms with van der Waals surface area (Å²) in [5, 5.41) is 2.84. The first-order valence-corrected chi connectivity index (χ1v) is 5.83. The molecule has 0 radical (unpaired) electrons. The summed E-state index contributed by atoms with van der Waals surface area (Å²) < 4.78 is 4.97. The Bertz CT molecular complexity index is 253. The van der Waals surface area contributed by atoms with E-state index in [1.807, 2.05) is 6.92 Å². The fourth-order valence-electron chi connectivity index (χ4n) is 2.02. The van der Waals surface area contributed by atoms with Gasteiger partial charge in [0.1, 0.15) is 0 Å². The maximum absolute atomic E-state index is 11.5. The van der Waals surface area contributed by atoms with Crippen molar-refractivity contribution in [2.24, 2.45) is 11.7 Å². The van der Waals surface area contributed by atoms with E-state index in [1.165, 1.54) is 0 Å². The van der Waals surface area contributed by atoms with Crippen LogP contribution in [-0.2, 0) is 14.3 Å². The number of nitrogens with two attached hydrogens (primary N) is 1. The minimum atomic E-state index is -0.125.